The zero-order chi connectivity index (χ0) is 16.1. The Kier molecular flexibility index (Phi) is 5.16. The summed E-state index contributed by atoms with van der Waals surface area (Å²) >= 11 is 0. The van der Waals surface area contributed by atoms with Crippen LogP contribution in [0.1, 0.15) is 41.8 Å². The van der Waals surface area contributed by atoms with Crippen LogP contribution in [0.2, 0.25) is 0 Å². The monoisotopic (exact) mass is 303 g/mol. The molecule has 6 heteroatoms. The number of nitrogens with two attached hydrogens (primary N) is 1. The molecule has 1 unspecified atom stereocenters. The number of aromatic nitrogens is 1. The van der Waals surface area contributed by atoms with Gasteiger partial charge in [0.25, 0.3) is 5.91 Å². The summed E-state index contributed by atoms with van der Waals surface area (Å²) in [6, 6.07) is 6.55. The summed E-state index contributed by atoms with van der Waals surface area (Å²) in [5, 5.41) is 12.0. The number of oxazole rings is 1. The van der Waals surface area contributed by atoms with Gasteiger partial charge in [-0.05, 0) is 30.0 Å². The van der Waals surface area contributed by atoms with Crippen LogP contribution in [-0.2, 0) is 6.42 Å². The van der Waals surface area contributed by atoms with Crippen molar-refractivity contribution < 1.29 is 14.3 Å². The van der Waals surface area contributed by atoms with Crippen molar-refractivity contribution in [1.29, 1.82) is 0 Å². The number of phenolic OH excluding ortho intramolecular Hbond substituents is 1. The van der Waals surface area contributed by atoms with Gasteiger partial charge in [-0.1, -0.05) is 26.0 Å². The van der Waals surface area contributed by atoms with Crippen molar-refractivity contribution in [3.05, 3.63) is 47.7 Å². The van der Waals surface area contributed by atoms with Crippen LogP contribution >= 0.6 is 0 Å². The maximum Gasteiger partial charge on any atom is 0.273 e. The van der Waals surface area contributed by atoms with Crippen molar-refractivity contribution >= 4 is 5.91 Å². The smallest absolute Gasteiger partial charge is 0.273 e. The van der Waals surface area contributed by atoms with Gasteiger partial charge in [-0.3, -0.25) is 4.79 Å². The van der Waals surface area contributed by atoms with Gasteiger partial charge in [-0.25, -0.2) is 4.98 Å². The standard InChI is InChI=1S/C16H21N3O3/c1-10(2)14(17)16-19-13(9-22-16)15(21)18-8-7-11-3-5-12(20)6-4-11/h3-6,9-10,14,20H,7-8,17H2,1-2H3,(H,18,21). The maximum atomic E-state index is 12.0. The Labute approximate surface area is 129 Å². The molecule has 0 aliphatic heterocycles. The highest BCUT2D eigenvalue weighted by molar-refractivity contribution is 5.91. The fourth-order valence-electron chi connectivity index (χ4n) is 1.90. The van der Waals surface area contributed by atoms with E-state index in [2.05, 4.69) is 10.3 Å². The third-order valence-electron chi connectivity index (χ3n) is 3.39. The molecule has 1 atom stereocenters. The van der Waals surface area contributed by atoms with E-state index in [1.165, 1.54) is 6.26 Å². The van der Waals surface area contributed by atoms with Gasteiger partial charge in [0.1, 0.15) is 12.0 Å². The quantitative estimate of drug-likeness (QED) is 0.757. The van der Waals surface area contributed by atoms with E-state index in [-0.39, 0.29) is 29.3 Å². The number of rotatable bonds is 6. The number of amides is 1. The average molecular weight is 303 g/mol. The zero-order valence-electron chi connectivity index (χ0n) is 12.7. The first-order chi connectivity index (χ1) is 10.5. The fourth-order valence-corrected chi connectivity index (χ4v) is 1.90. The lowest BCUT2D eigenvalue weighted by Crippen LogP contribution is -2.26. The van der Waals surface area contributed by atoms with Crippen LogP contribution in [0.5, 0.6) is 5.75 Å². The molecule has 22 heavy (non-hydrogen) atoms. The first kappa shape index (κ1) is 16.0. The number of nitrogens with one attached hydrogen (secondary N) is 1. The van der Waals surface area contributed by atoms with E-state index in [9.17, 15) is 9.90 Å². The van der Waals surface area contributed by atoms with Crippen molar-refractivity contribution in [3.8, 4) is 5.75 Å². The van der Waals surface area contributed by atoms with E-state index < -0.39 is 0 Å². The molecule has 2 aromatic rings. The highest BCUT2D eigenvalue weighted by Gasteiger charge is 2.19. The lowest BCUT2D eigenvalue weighted by atomic mass is 10.1. The van der Waals surface area contributed by atoms with Gasteiger partial charge >= 0.3 is 0 Å². The molecular formula is C16H21N3O3. The van der Waals surface area contributed by atoms with Gasteiger partial charge < -0.3 is 20.6 Å². The summed E-state index contributed by atoms with van der Waals surface area (Å²) in [5.74, 6) is 0.497. The summed E-state index contributed by atoms with van der Waals surface area (Å²) in [5.41, 5.74) is 7.19. The van der Waals surface area contributed by atoms with E-state index in [0.29, 0.717) is 18.9 Å². The maximum absolute atomic E-state index is 12.0. The van der Waals surface area contributed by atoms with E-state index in [4.69, 9.17) is 10.2 Å². The molecule has 0 spiro atoms. The number of aromatic hydroxyl groups is 1. The molecule has 2 rings (SSSR count). The highest BCUT2D eigenvalue weighted by atomic mass is 16.3. The van der Waals surface area contributed by atoms with Crippen molar-refractivity contribution in [3.63, 3.8) is 0 Å². The first-order valence-corrected chi connectivity index (χ1v) is 7.24. The Bertz CT molecular complexity index is 620. The number of benzene rings is 1. The van der Waals surface area contributed by atoms with Gasteiger partial charge in [0.15, 0.2) is 5.69 Å². The number of carbonyl (C=O) groups excluding carboxylic acids is 1. The van der Waals surface area contributed by atoms with Crippen LogP contribution in [0.4, 0.5) is 0 Å². The largest absolute Gasteiger partial charge is 0.508 e. The molecule has 1 heterocycles. The van der Waals surface area contributed by atoms with Crippen LogP contribution in [-0.4, -0.2) is 22.5 Å². The third kappa shape index (κ3) is 4.08. The second-order valence-corrected chi connectivity index (χ2v) is 5.51. The van der Waals surface area contributed by atoms with Crippen molar-refractivity contribution in [1.82, 2.24) is 10.3 Å². The SMILES string of the molecule is CC(C)C(N)c1nc(C(=O)NCCc2ccc(O)cc2)co1. The second kappa shape index (κ2) is 7.09. The molecule has 0 radical (unpaired) electrons. The molecule has 0 fully saturated rings. The number of nitrogens with zero attached hydrogens (tertiary/aromatic N) is 1. The van der Waals surface area contributed by atoms with E-state index in [0.717, 1.165) is 5.56 Å². The van der Waals surface area contributed by atoms with Crippen LogP contribution in [0.3, 0.4) is 0 Å². The van der Waals surface area contributed by atoms with Gasteiger partial charge in [-0.15, -0.1) is 0 Å². The van der Waals surface area contributed by atoms with E-state index in [1.807, 2.05) is 26.0 Å². The van der Waals surface area contributed by atoms with Crippen molar-refractivity contribution in [2.24, 2.45) is 11.7 Å². The van der Waals surface area contributed by atoms with Gasteiger partial charge in [0.05, 0.1) is 6.04 Å². The highest BCUT2D eigenvalue weighted by Crippen LogP contribution is 2.17. The average Bonchev–Trinajstić information content (AvgIpc) is 2.98. The Morgan fingerprint density at radius 3 is 2.68 bits per heavy atom. The molecule has 6 nitrogen and oxygen atoms in total. The van der Waals surface area contributed by atoms with E-state index in [1.54, 1.807) is 12.1 Å². The minimum absolute atomic E-state index is 0.184. The minimum atomic E-state index is -0.321. The van der Waals surface area contributed by atoms with Crippen molar-refractivity contribution in [2.45, 2.75) is 26.3 Å². The summed E-state index contributed by atoms with van der Waals surface area (Å²) < 4.78 is 5.26. The Morgan fingerprint density at radius 2 is 2.05 bits per heavy atom. The normalized spacial score (nSPS) is 12.4. The number of hydrogen-bond acceptors (Lipinski definition) is 5. The lowest BCUT2D eigenvalue weighted by molar-refractivity contribution is 0.0949. The summed E-state index contributed by atoms with van der Waals surface area (Å²) in [6.45, 7) is 4.40. The topological polar surface area (TPSA) is 101 Å². The van der Waals surface area contributed by atoms with Crippen LogP contribution in [0.15, 0.2) is 34.9 Å². The van der Waals surface area contributed by atoms with Gasteiger partial charge in [-0.2, -0.15) is 0 Å². The molecule has 0 saturated carbocycles. The first-order valence-electron chi connectivity index (χ1n) is 7.24. The molecule has 118 valence electrons. The van der Waals surface area contributed by atoms with Gasteiger partial charge in [0, 0.05) is 6.54 Å². The molecule has 1 aromatic carbocycles. The number of hydrogen-bond donors (Lipinski definition) is 3. The predicted octanol–water partition coefficient (Wildman–Crippen LogP) is 2.01. The summed E-state index contributed by atoms with van der Waals surface area (Å²) in [7, 11) is 0. The molecule has 0 aliphatic rings. The molecule has 1 aromatic heterocycles. The van der Waals surface area contributed by atoms with Crippen molar-refractivity contribution in [2.75, 3.05) is 6.54 Å². The molecule has 4 N–H and O–H groups in total. The summed E-state index contributed by atoms with van der Waals surface area (Å²) in [4.78, 5) is 16.1. The summed E-state index contributed by atoms with van der Waals surface area (Å²) in [6.07, 6.45) is 2.00. The second-order valence-electron chi connectivity index (χ2n) is 5.51. The Balaban J connectivity index is 1.86. The zero-order valence-corrected chi connectivity index (χ0v) is 12.7. The Morgan fingerprint density at radius 1 is 1.36 bits per heavy atom. The fraction of sp³-hybridized carbons (Fsp3) is 0.375. The molecule has 0 aliphatic carbocycles. The third-order valence-corrected chi connectivity index (χ3v) is 3.39. The molecule has 1 amide bonds. The Hall–Kier alpha value is -2.34. The van der Waals surface area contributed by atoms with Crippen LogP contribution < -0.4 is 11.1 Å². The molecule has 0 bridgehead atoms. The molecular weight excluding hydrogens is 282 g/mol. The van der Waals surface area contributed by atoms with Crippen LogP contribution in [0.25, 0.3) is 0 Å². The lowest BCUT2D eigenvalue weighted by Gasteiger charge is -2.10. The number of carbonyl (C=O) groups is 1. The van der Waals surface area contributed by atoms with Gasteiger partial charge in [0.2, 0.25) is 5.89 Å². The predicted molar refractivity (Wildman–Crippen MR) is 82.4 cm³/mol. The number of phenols is 1. The van der Waals surface area contributed by atoms with E-state index >= 15 is 0 Å². The minimum Gasteiger partial charge on any atom is -0.508 e. The van der Waals surface area contributed by atoms with Crippen LogP contribution in [0, 0.1) is 5.92 Å². The molecule has 0 saturated heterocycles.